The first-order valence-corrected chi connectivity index (χ1v) is 11.0. The Balaban J connectivity index is 1.63. The largest absolute Gasteiger partial charge is 0.480 e. The zero-order valence-electron chi connectivity index (χ0n) is 16.6. The number of benzene rings is 2. The van der Waals surface area contributed by atoms with Crippen LogP contribution in [-0.2, 0) is 27.4 Å². The van der Waals surface area contributed by atoms with Crippen LogP contribution in [0.15, 0.2) is 53.0 Å². The average Bonchev–Trinajstić information content (AvgIpc) is 3.25. The highest BCUT2D eigenvalue weighted by Gasteiger charge is 2.36. The van der Waals surface area contributed by atoms with Gasteiger partial charge in [0.15, 0.2) is 0 Å². The minimum absolute atomic E-state index is 0.0490. The highest BCUT2D eigenvalue weighted by atomic mass is 79.9. The van der Waals surface area contributed by atoms with Crippen LogP contribution >= 0.6 is 27.5 Å². The van der Waals surface area contributed by atoms with E-state index >= 15 is 0 Å². The maximum Gasteiger partial charge on any atom is 0.410 e. The van der Waals surface area contributed by atoms with Crippen molar-refractivity contribution in [2.75, 3.05) is 6.54 Å². The number of nitrogens with one attached hydrogen (secondary N) is 1. The van der Waals surface area contributed by atoms with Gasteiger partial charge in [0.25, 0.3) is 0 Å². The summed E-state index contributed by atoms with van der Waals surface area (Å²) in [6.45, 7) is 0.481. The first-order valence-electron chi connectivity index (χ1n) is 9.79. The fourth-order valence-corrected chi connectivity index (χ4v) is 4.05. The summed E-state index contributed by atoms with van der Waals surface area (Å²) in [6, 6.07) is 12.4. The van der Waals surface area contributed by atoms with Crippen LogP contribution in [0.4, 0.5) is 4.79 Å². The van der Waals surface area contributed by atoms with Gasteiger partial charge >= 0.3 is 12.1 Å². The van der Waals surface area contributed by atoms with Gasteiger partial charge in [-0.05, 0) is 42.2 Å². The number of aliphatic carboxylic acids is 1. The van der Waals surface area contributed by atoms with Crippen molar-refractivity contribution in [3.63, 3.8) is 0 Å². The number of likely N-dealkylation sites (tertiary alicyclic amines) is 1. The Hall–Kier alpha value is -2.58. The highest BCUT2D eigenvalue weighted by Crippen LogP contribution is 2.23. The number of amides is 2. The van der Waals surface area contributed by atoms with Crippen molar-refractivity contribution in [1.82, 2.24) is 10.2 Å². The molecule has 0 saturated carbocycles. The summed E-state index contributed by atoms with van der Waals surface area (Å²) in [5.74, 6) is -1.68. The molecule has 1 aliphatic heterocycles. The number of ether oxygens (including phenoxy) is 1. The van der Waals surface area contributed by atoms with Crippen molar-refractivity contribution in [1.29, 1.82) is 0 Å². The summed E-state index contributed by atoms with van der Waals surface area (Å²) < 4.78 is 6.04. The minimum atomic E-state index is -1.17. The van der Waals surface area contributed by atoms with E-state index in [1.54, 1.807) is 18.2 Å². The Kier molecular flexibility index (Phi) is 7.92. The summed E-state index contributed by atoms with van der Waals surface area (Å²) in [4.78, 5) is 38.5. The minimum Gasteiger partial charge on any atom is -0.480 e. The lowest BCUT2D eigenvalue weighted by Gasteiger charge is -2.25. The molecular weight excluding hydrogens is 488 g/mol. The molecule has 9 heteroatoms. The number of carboxylic acids is 1. The summed E-state index contributed by atoms with van der Waals surface area (Å²) in [5, 5.41) is 12.6. The molecule has 0 bridgehead atoms. The maximum absolute atomic E-state index is 12.8. The van der Waals surface area contributed by atoms with Crippen LogP contribution in [0.1, 0.15) is 24.0 Å². The van der Waals surface area contributed by atoms with Crippen molar-refractivity contribution in [3.8, 4) is 0 Å². The molecule has 1 aliphatic rings. The standard InChI is InChI=1S/C22H22BrClN2O5/c23-17-9-8-16(24)11-15(17)12-18(21(28)29)25-20(27)19-7-4-10-26(19)22(30)31-13-14-5-2-1-3-6-14/h1-3,5-6,8-9,11,18-19H,4,7,10,12-13H2,(H,25,27)(H,28,29)/t18-,19+/m0/s1. The van der Waals surface area contributed by atoms with Crippen molar-refractivity contribution in [3.05, 3.63) is 69.2 Å². The number of hydrogen-bond acceptors (Lipinski definition) is 4. The van der Waals surface area contributed by atoms with Gasteiger partial charge in [0.1, 0.15) is 18.7 Å². The van der Waals surface area contributed by atoms with E-state index in [0.717, 1.165) is 5.56 Å². The van der Waals surface area contributed by atoms with Crippen LogP contribution in [0.25, 0.3) is 0 Å². The maximum atomic E-state index is 12.8. The van der Waals surface area contributed by atoms with Gasteiger partial charge in [-0.15, -0.1) is 0 Å². The summed E-state index contributed by atoms with van der Waals surface area (Å²) >= 11 is 9.38. The van der Waals surface area contributed by atoms with Crippen LogP contribution in [0.5, 0.6) is 0 Å². The van der Waals surface area contributed by atoms with Crippen LogP contribution in [0.3, 0.4) is 0 Å². The van der Waals surface area contributed by atoms with E-state index in [2.05, 4.69) is 21.2 Å². The molecule has 0 unspecified atom stereocenters. The lowest BCUT2D eigenvalue weighted by atomic mass is 10.1. The molecule has 1 fully saturated rings. The molecule has 1 heterocycles. The zero-order chi connectivity index (χ0) is 22.4. The van der Waals surface area contributed by atoms with Crippen molar-refractivity contribution < 1.29 is 24.2 Å². The van der Waals surface area contributed by atoms with E-state index in [0.29, 0.717) is 34.4 Å². The Morgan fingerprint density at radius 3 is 2.68 bits per heavy atom. The normalized spacial score (nSPS) is 16.6. The third kappa shape index (κ3) is 6.21. The molecule has 2 atom stereocenters. The monoisotopic (exact) mass is 508 g/mol. The molecular formula is C22H22BrClN2O5. The Bertz CT molecular complexity index is 956. The van der Waals surface area contributed by atoms with E-state index in [-0.39, 0.29) is 13.0 Å². The van der Waals surface area contributed by atoms with E-state index in [1.165, 1.54) is 4.90 Å². The van der Waals surface area contributed by atoms with Crippen LogP contribution < -0.4 is 5.32 Å². The van der Waals surface area contributed by atoms with E-state index < -0.39 is 30.1 Å². The average molecular weight is 510 g/mol. The number of rotatable bonds is 7. The fraction of sp³-hybridized carbons (Fsp3) is 0.318. The van der Waals surface area contributed by atoms with Gasteiger partial charge < -0.3 is 15.2 Å². The predicted molar refractivity (Wildman–Crippen MR) is 119 cm³/mol. The second-order valence-corrected chi connectivity index (χ2v) is 8.52. The molecule has 2 aromatic carbocycles. The van der Waals surface area contributed by atoms with Gasteiger partial charge in [-0.3, -0.25) is 9.69 Å². The van der Waals surface area contributed by atoms with E-state index in [9.17, 15) is 19.5 Å². The Morgan fingerprint density at radius 1 is 1.23 bits per heavy atom. The van der Waals surface area contributed by atoms with Gasteiger partial charge in [0.05, 0.1) is 0 Å². The molecule has 31 heavy (non-hydrogen) atoms. The first-order chi connectivity index (χ1) is 14.8. The summed E-state index contributed by atoms with van der Waals surface area (Å²) in [5.41, 5.74) is 1.50. The molecule has 3 rings (SSSR count). The molecule has 0 spiro atoms. The molecule has 2 N–H and O–H groups in total. The zero-order valence-corrected chi connectivity index (χ0v) is 18.9. The second kappa shape index (κ2) is 10.6. The second-order valence-electron chi connectivity index (χ2n) is 7.23. The van der Waals surface area contributed by atoms with Crippen molar-refractivity contribution in [2.45, 2.75) is 38.0 Å². The molecule has 0 aromatic heterocycles. The third-order valence-corrected chi connectivity index (χ3v) is 6.05. The number of halogens is 2. The molecule has 164 valence electrons. The van der Waals surface area contributed by atoms with Gasteiger partial charge in [-0.2, -0.15) is 0 Å². The number of hydrogen-bond donors (Lipinski definition) is 2. The van der Waals surface area contributed by atoms with Gasteiger partial charge in [0, 0.05) is 22.5 Å². The number of nitrogens with zero attached hydrogens (tertiary/aromatic N) is 1. The third-order valence-electron chi connectivity index (χ3n) is 5.04. The Labute approximate surface area is 193 Å². The predicted octanol–water partition coefficient (Wildman–Crippen LogP) is 4.02. The van der Waals surface area contributed by atoms with E-state index in [4.69, 9.17) is 16.3 Å². The quantitative estimate of drug-likeness (QED) is 0.588. The highest BCUT2D eigenvalue weighted by molar-refractivity contribution is 9.10. The number of carbonyl (C=O) groups excluding carboxylic acids is 2. The molecule has 2 amide bonds. The molecule has 7 nitrogen and oxygen atoms in total. The van der Waals surface area contributed by atoms with Crippen molar-refractivity contribution in [2.24, 2.45) is 0 Å². The lowest BCUT2D eigenvalue weighted by Crippen LogP contribution is -2.51. The fourth-order valence-electron chi connectivity index (χ4n) is 3.45. The summed E-state index contributed by atoms with van der Waals surface area (Å²) in [7, 11) is 0. The van der Waals surface area contributed by atoms with Gasteiger partial charge in [0.2, 0.25) is 5.91 Å². The molecule has 0 radical (unpaired) electrons. The molecule has 0 aliphatic carbocycles. The molecule has 2 aromatic rings. The summed E-state index contributed by atoms with van der Waals surface area (Å²) in [6.07, 6.45) is 0.536. The van der Waals surface area contributed by atoms with Gasteiger partial charge in [-0.1, -0.05) is 57.9 Å². The van der Waals surface area contributed by atoms with Crippen LogP contribution in [-0.4, -0.2) is 46.6 Å². The van der Waals surface area contributed by atoms with Crippen molar-refractivity contribution >= 4 is 45.5 Å². The Morgan fingerprint density at radius 2 is 1.97 bits per heavy atom. The van der Waals surface area contributed by atoms with Crippen LogP contribution in [0, 0.1) is 0 Å². The van der Waals surface area contributed by atoms with E-state index in [1.807, 2.05) is 30.3 Å². The topological polar surface area (TPSA) is 95.9 Å². The SMILES string of the molecule is O=C(O)[C@H](Cc1cc(Cl)ccc1Br)NC(=O)[C@H]1CCCN1C(=O)OCc1ccccc1. The first kappa shape index (κ1) is 23.1. The van der Waals surface area contributed by atoms with Crippen LogP contribution in [0.2, 0.25) is 5.02 Å². The smallest absolute Gasteiger partial charge is 0.410 e. The number of carboxylic acid groups (broad SMARTS) is 1. The van der Waals surface area contributed by atoms with Gasteiger partial charge in [-0.25, -0.2) is 9.59 Å². The molecule has 1 saturated heterocycles. The number of carbonyl (C=O) groups is 3. The lowest BCUT2D eigenvalue weighted by molar-refractivity contribution is -0.142.